The van der Waals surface area contributed by atoms with E-state index in [9.17, 15) is 0 Å². The molecule has 0 saturated carbocycles. The number of pyridine rings is 1. The van der Waals surface area contributed by atoms with Crippen molar-refractivity contribution in [3.63, 3.8) is 0 Å². The predicted molar refractivity (Wildman–Crippen MR) is 116 cm³/mol. The minimum Gasteiger partial charge on any atom is -0.384 e. The van der Waals surface area contributed by atoms with E-state index in [1.54, 1.807) is 0 Å². The van der Waals surface area contributed by atoms with Crippen molar-refractivity contribution in [1.29, 1.82) is 0 Å². The smallest absolute Gasteiger partial charge is 0.178 e. The largest absolute Gasteiger partial charge is 0.384 e. The van der Waals surface area contributed by atoms with E-state index in [-0.39, 0.29) is 0 Å². The van der Waals surface area contributed by atoms with E-state index in [1.165, 1.54) is 17.5 Å². The number of nitrogens with one attached hydrogen (secondary N) is 2. The van der Waals surface area contributed by atoms with Gasteiger partial charge in [-0.1, -0.05) is 36.4 Å². The molecule has 8 heteroatoms. The van der Waals surface area contributed by atoms with E-state index >= 15 is 0 Å². The Morgan fingerprint density at radius 3 is 3.07 bits per heavy atom. The summed E-state index contributed by atoms with van der Waals surface area (Å²) >= 11 is 0. The Morgan fingerprint density at radius 1 is 1.23 bits per heavy atom. The first-order chi connectivity index (χ1) is 14.7. The molecule has 1 aliphatic rings. The van der Waals surface area contributed by atoms with Gasteiger partial charge >= 0.3 is 0 Å². The Labute approximate surface area is 174 Å². The van der Waals surface area contributed by atoms with Crippen LogP contribution >= 0.6 is 0 Å². The van der Waals surface area contributed by atoms with Crippen LogP contribution in [0.4, 0.5) is 5.82 Å². The van der Waals surface area contributed by atoms with Crippen LogP contribution in [0.25, 0.3) is 11.2 Å². The SMILES string of the molecule is CC1CNCCC1c1cccc(Cn2cc(Cc3cc(N)nc4[nH]nnc34)cn2)c1. The number of fused-ring (bicyclic) bond motifs is 1. The van der Waals surface area contributed by atoms with Crippen molar-refractivity contribution in [3.8, 4) is 0 Å². The van der Waals surface area contributed by atoms with E-state index in [0.717, 1.165) is 36.3 Å². The molecule has 2 atom stereocenters. The lowest BCUT2D eigenvalue weighted by Gasteiger charge is -2.30. The van der Waals surface area contributed by atoms with Gasteiger partial charge in [0.2, 0.25) is 0 Å². The maximum atomic E-state index is 5.92. The lowest BCUT2D eigenvalue weighted by atomic mass is 9.82. The number of H-pyrrole nitrogens is 1. The molecule has 0 aliphatic carbocycles. The van der Waals surface area contributed by atoms with Gasteiger partial charge in [0, 0.05) is 12.6 Å². The molecule has 5 rings (SSSR count). The average Bonchev–Trinajstić information content (AvgIpc) is 3.38. The van der Waals surface area contributed by atoms with Gasteiger partial charge in [0.15, 0.2) is 5.65 Å². The summed E-state index contributed by atoms with van der Waals surface area (Å²) in [7, 11) is 0. The first-order valence-electron chi connectivity index (χ1n) is 10.4. The van der Waals surface area contributed by atoms with Crippen molar-refractivity contribution < 1.29 is 0 Å². The number of hydrogen-bond donors (Lipinski definition) is 3. The lowest BCUT2D eigenvalue weighted by Crippen LogP contribution is -2.33. The minimum atomic E-state index is 0.458. The second kappa shape index (κ2) is 7.87. The lowest BCUT2D eigenvalue weighted by molar-refractivity contribution is 0.349. The Kier molecular flexibility index (Phi) is 4.92. The van der Waals surface area contributed by atoms with Crippen LogP contribution in [0.3, 0.4) is 0 Å². The summed E-state index contributed by atoms with van der Waals surface area (Å²) in [6, 6.07) is 10.8. The molecule has 154 valence electrons. The number of benzene rings is 1. The van der Waals surface area contributed by atoms with Gasteiger partial charge in [-0.25, -0.2) is 10.1 Å². The maximum Gasteiger partial charge on any atom is 0.178 e. The van der Waals surface area contributed by atoms with Crippen LogP contribution in [0.5, 0.6) is 0 Å². The molecule has 1 aromatic carbocycles. The Balaban J connectivity index is 1.33. The summed E-state index contributed by atoms with van der Waals surface area (Å²) in [6.07, 6.45) is 5.87. The van der Waals surface area contributed by atoms with Crippen LogP contribution in [0, 0.1) is 5.92 Å². The summed E-state index contributed by atoms with van der Waals surface area (Å²) in [5.41, 5.74) is 12.1. The summed E-state index contributed by atoms with van der Waals surface area (Å²) in [5, 5.41) is 18.8. The van der Waals surface area contributed by atoms with Gasteiger partial charge in [-0.3, -0.25) is 4.68 Å². The van der Waals surface area contributed by atoms with Crippen molar-refractivity contribution >= 4 is 17.0 Å². The third-order valence-electron chi connectivity index (χ3n) is 5.99. The van der Waals surface area contributed by atoms with Gasteiger partial charge in [0.05, 0.1) is 12.7 Å². The molecule has 30 heavy (non-hydrogen) atoms. The first kappa shape index (κ1) is 18.7. The zero-order valence-corrected chi connectivity index (χ0v) is 17.0. The second-order valence-electron chi connectivity index (χ2n) is 8.26. The second-order valence-corrected chi connectivity index (χ2v) is 8.26. The molecule has 0 amide bonds. The molecule has 8 nitrogen and oxygen atoms in total. The van der Waals surface area contributed by atoms with Gasteiger partial charge in [0.25, 0.3) is 0 Å². The van der Waals surface area contributed by atoms with Gasteiger partial charge in [-0.05, 0) is 59.7 Å². The molecule has 0 radical (unpaired) electrons. The fourth-order valence-electron chi connectivity index (χ4n) is 4.48. The molecule has 3 aromatic heterocycles. The van der Waals surface area contributed by atoms with E-state index < -0.39 is 0 Å². The number of aromatic nitrogens is 6. The average molecular weight is 403 g/mol. The molecule has 1 saturated heterocycles. The van der Waals surface area contributed by atoms with Crippen LogP contribution in [-0.4, -0.2) is 43.3 Å². The number of nitrogens with zero attached hydrogens (tertiary/aromatic N) is 5. The van der Waals surface area contributed by atoms with Crippen LogP contribution in [0.2, 0.25) is 0 Å². The number of hydrogen-bond acceptors (Lipinski definition) is 6. The van der Waals surface area contributed by atoms with Crippen molar-refractivity contribution in [2.75, 3.05) is 18.8 Å². The van der Waals surface area contributed by atoms with E-state index in [2.05, 4.69) is 68.2 Å². The highest BCUT2D eigenvalue weighted by atomic mass is 15.3. The molecule has 4 N–H and O–H groups in total. The van der Waals surface area contributed by atoms with Crippen molar-refractivity contribution in [2.45, 2.75) is 32.2 Å². The normalized spacial score (nSPS) is 19.4. The fourth-order valence-corrected chi connectivity index (χ4v) is 4.48. The maximum absolute atomic E-state index is 5.92. The van der Waals surface area contributed by atoms with E-state index in [0.29, 0.717) is 29.7 Å². The quantitative estimate of drug-likeness (QED) is 0.473. The van der Waals surface area contributed by atoms with Gasteiger partial charge in [-0.2, -0.15) is 5.10 Å². The van der Waals surface area contributed by atoms with Crippen molar-refractivity contribution in [3.05, 3.63) is 65.0 Å². The molecular weight excluding hydrogens is 376 g/mol. The summed E-state index contributed by atoms with van der Waals surface area (Å²) < 4.78 is 1.99. The fraction of sp³-hybridized carbons (Fsp3) is 0.364. The summed E-state index contributed by atoms with van der Waals surface area (Å²) in [6.45, 7) is 5.28. The van der Waals surface area contributed by atoms with Crippen molar-refractivity contribution in [1.82, 2.24) is 35.5 Å². The van der Waals surface area contributed by atoms with Gasteiger partial charge in [0.1, 0.15) is 11.3 Å². The molecule has 0 bridgehead atoms. The Morgan fingerprint density at radius 2 is 2.17 bits per heavy atom. The number of rotatable bonds is 5. The predicted octanol–water partition coefficient (Wildman–Crippen LogP) is 2.48. The molecule has 0 spiro atoms. The molecule has 1 aliphatic heterocycles. The topological polar surface area (TPSA) is 110 Å². The van der Waals surface area contributed by atoms with E-state index in [4.69, 9.17) is 5.73 Å². The Bertz CT molecular complexity index is 1160. The van der Waals surface area contributed by atoms with Crippen molar-refractivity contribution in [2.24, 2.45) is 5.92 Å². The number of piperidine rings is 1. The molecule has 4 aromatic rings. The monoisotopic (exact) mass is 402 g/mol. The highest BCUT2D eigenvalue weighted by Crippen LogP contribution is 2.30. The highest BCUT2D eigenvalue weighted by Gasteiger charge is 2.22. The summed E-state index contributed by atoms with van der Waals surface area (Å²) in [4.78, 5) is 4.22. The molecular formula is C22H26N8. The van der Waals surface area contributed by atoms with Crippen LogP contribution in [-0.2, 0) is 13.0 Å². The third-order valence-corrected chi connectivity index (χ3v) is 5.99. The van der Waals surface area contributed by atoms with Crippen LogP contribution in [0.15, 0.2) is 42.7 Å². The van der Waals surface area contributed by atoms with Crippen LogP contribution < -0.4 is 11.1 Å². The third kappa shape index (κ3) is 3.78. The van der Waals surface area contributed by atoms with Crippen LogP contribution in [0.1, 0.15) is 41.5 Å². The zero-order valence-electron chi connectivity index (χ0n) is 17.0. The number of nitrogens with two attached hydrogens (primary N) is 1. The zero-order chi connectivity index (χ0) is 20.5. The summed E-state index contributed by atoms with van der Waals surface area (Å²) in [5.74, 6) is 1.74. The molecule has 2 unspecified atom stereocenters. The highest BCUT2D eigenvalue weighted by molar-refractivity contribution is 5.76. The molecule has 4 heterocycles. The number of aromatic amines is 1. The standard InChI is InChI=1S/C22H26N8/c1-14-10-24-6-5-19(14)17-4-2-3-15(7-17)12-30-13-16(11-25-30)8-18-9-20(23)26-22-21(18)27-29-28-22/h2-4,7,9,11,13-14,19,24H,5-6,8,10,12H2,1H3,(H3,23,26,27,28,29). The number of nitrogen functional groups attached to an aromatic ring is 1. The van der Waals surface area contributed by atoms with Gasteiger partial charge < -0.3 is 11.1 Å². The first-order valence-corrected chi connectivity index (χ1v) is 10.4. The molecule has 1 fully saturated rings. The number of anilines is 1. The minimum absolute atomic E-state index is 0.458. The van der Waals surface area contributed by atoms with E-state index in [1.807, 2.05) is 16.9 Å². The van der Waals surface area contributed by atoms with Gasteiger partial charge in [-0.15, -0.1) is 5.10 Å². The Hall–Kier alpha value is -3.26.